The molecule has 19 heavy (non-hydrogen) atoms. The number of nitrogens with zero attached hydrogens (tertiary/aromatic N) is 2. The third-order valence-corrected chi connectivity index (χ3v) is 3.55. The van der Waals surface area contributed by atoms with Crippen LogP contribution in [0.5, 0.6) is 0 Å². The number of aryl methyl sites for hydroxylation is 2. The van der Waals surface area contributed by atoms with Gasteiger partial charge in [0.1, 0.15) is 6.10 Å². The minimum Gasteiger partial charge on any atom is -0.388 e. The number of nitrogens with one attached hydrogen (secondary N) is 1. The Balaban J connectivity index is 1.75. The molecule has 6 nitrogen and oxygen atoms in total. The van der Waals surface area contributed by atoms with Crippen molar-refractivity contribution in [2.75, 3.05) is 7.11 Å². The summed E-state index contributed by atoms with van der Waals surface area (Å²) in [7, 11) is 1.58. The van der Waals surface area contributed by atoms with Crippen molar-refractivity contribution >= 4 is 5.91 Å². The topological polar surface area (TPSA) is 76.4 Å². The second-order valence-electron chi connectivity index (χ2n) is 4.99. The highest BCUT2D eigenvalue weighted by Gasteiger charge is 2.35. The van der Waals surface area contributed by atoms with Gasteiger partial charge in [-0.25, -0.2) is 0 Å². The quantitative estimate of drug-likeness (QED) is 0.801. The molecule has 0 saturated heterocycles. The van der Waals surface area contributed by atoms with E-state index in [-0.39, 0.29) is 18.1 Å². The summed E-state index contributed by atoms with van der Waals surface area (Å²) in [5.74, 6) is -0.0612. The lowest BCUT2D eigenvalue weighted by Gasteiger charge is -2.19. The van der Waals surface area contributed by atoms with Crippen LogP contribution in [-0.2, 0) is 16.1 Å². The van der Waals surface area contributed by atoms with Gasteiger partial charge >= 0.3 is 0 Å². The number of ether oxygens (including phenoxy) is 1. The Morgan fingerprint density at radius 3 is 3.00 bits per heavy atom. The molecule has 0 radical (unpaired) electrons. The Bertz CT molecular complexity index is 433. The number of aliphatic hydroxyl groups excluding tert-OH is 1. The van der Waals surface area contributed by atoms with Crippen LogP contribution < -0.4 is 5.32 Å². The number of aromatic nitrogens is 2. The van der Waals surface area contributed by atoms with Gasteiger partial charge in [-0.15, -0.1) is 0 Å². The minimum atomic E-state index is -0.610. The molecule has 106 valence electrons. The number of carbonyl (C=O) groups excluding carboxylic acids is 1. The van der Waals surface area contributed by atoms with Gasteiger partial charge in [0.05, 0.1) is 17.8 Å². The fourth-order valence-electron chi connectivity index (χ4n) is 2.44. The van der Waals surface area contributed by atoms with E-state index < -0.39 is 6.10 Å². The monoisotopic (exact) mass is 267 g/mol. The maximum atomic E-state index is 11.8. The number of aliphatic hydroxyl groups is 1. The Labute approximate surface area is 112 Å². The van der Waals surface area contributed by atoms with E-state index in [2.05, 4.69) is 10.4 Å². The van der Waals surface area contributed by atoms with E-state index in [4.69, 9.17) is 4.74 Å². The van der Waals surface area contributed by atoms with Gasteiger partial charge in [0.25, 0.3) is 0 Å². The molecule has 3 atom stereocenters. The summed E-state index contributed by atoms with van der Waals surface area (Å²) in [5.41, 5.74) is 0.939. The van der Waals surface area contributed by atoms with Crippen LogP contribution in [0.1, 0.15) is 25.0 Å². The predicted molar refractivity (Wildman–Crippen MR) is 69.5 cm³/mol. The number of amides is 1. The first kappa shape index (κ1) is 14.0. The Morgan fingerprint density at radius 1 is 1.63 bits per heavy atom. The molecule has 1 amide bonds. The van der Waals surface area contributed by atoms with Gasteiger partial charge in [-0.2, -0.15) is 5.10 Å². The molecule has 0 spiro atoms. The van der Waals surface area contributed by atoms with Gasteiger partial charge in [0, 0.05) is 26.3 Å². The number of methoxy groups -OCH3 is 1. The molecule has 1 fully saturated rings. The largest absolute Gasteiger partial charge is 0.388 e. The van der Waals surface area contributed by atoms with Crippen molar-refractivity contribution in [2.45, 2.75) is 51.0 Å². The molecule has 1 saturated carbocycles. The van der Waals surface area contributed by atoms with Gasteiger partial charge in [0.2, 0.25) is 5.91 Å². The fourth-order valence-corrected chi connectivity index (χ4v) is 2.44. The second kappa shape index (κ2) is 6.16. The second-order valence-corrected chi connectivity index (χ2v) is 4.99. The van der Waals surface area contributed by atoms with E-state index in [9.17, 15) is 9.90 Å². The number of hydrogen-bond donors (Lipinski definition) is 2. The minimum absolute atomic E-state index is 0.0612. The first-order valence-corrected chi connectivity index (χ1v) is 6.60. The van der Waals surface area contributed by atoms with Crippen LogP contribution in [0, 0.1) is 6.92 Å². The molecule has 0 aromatic carbocycles. The van der Waals surface area contributed by atoms with E-state index in [1.54, 1.807) is 11.8 Å². The zero-order chi connectivity index (χ0) is 13.8. The molecule has 2 N–H and O–H groups in total. The normalized spacial score (nSPS) is 26.6. The van der Waals surface area contributed by atoms with Crippen LogP contribution in [0.2, 0.25) is 0 Å². The van der Waals surface area contributed by atoms with Crippen molar-refractivity contribution in [3.05, 3.63) is 18.0 Å². The average Bonchev–Trinajstić information content (AvgIpc) is 2.95. The molecule has 1 aliphatic rings. The molecule has 0 aliphatic heterocycles. The lowest BCUT2D eigenvalue weighted by atomic mass is 10.2. The van der Waals surface area contributed by atoms with E-state index in [1.807, 2.05) is 19.2 Å². The molecule has 0 unspecified atom stereocenters. The van der Waals surface area contributed by atoms with Crippen molar-refractivity contribution < 1.29 is 14.6 Å². The highest BCUT2D eigenvalue weighted by Crippen LogP contribution is 2.22. The maximum Gasteiger partial charge on any atom is 0.222 e. The summed E-state index contributed by atoms with van der Waals surface area (Å²) in [6, 6.07) is 1.71. The van der Waals surface area contributed by atoms with Crippen LogP contribution in [0.15, 0.2) is 12.3 Å². The highest BCUT2D eigenvalue weighted by atomic mass is 16.5. The van der Waals surface area contributed by atoms with Crippen molar-refractivity contribution in [3.63, 3.8) is 0 Å². The number of carbonyl (C=O) groups is 1. The molecular weight excluding hydrogens is 246 g/mol. The molecule has 1 aliphatic carbocycles. The van der Waals surface area contributed by atoms with Crippen molar-refractivity contribution in [1.82, 2.24) is 15.1 Å². The van der Waals surface area contributed by atoms with Crippen LogP contribution in [0.4, 0.5) is 0 Å². The Hall–Kier alpha value is -1.40. The molecule has 0 bridgehead atoms. The standard InChI is InChI=1S/C13H21N3O3/c1-9-5-7-16(15-9)8-6-12(17)14-10-3-4-11(19-2)13(10)18/h5,7,10-11,13,18H,3-4,6,8H2,1-2H3,(H,14,17)/t10-,11-,13-/m1/s1. The lowest BCUT2D eigenvalue weighted by Crippen LogP contribution is -2.43. The van der Waals surface area contributed by atoms with Crippen molar-refractivity contribution in [2.24, 2.45) is 0 Å². The SMILES string of the molecule is CO[C@@H]1CC[C@@H](NC(=O)CCn2ccc(C)n2)[C@H]1O. The Kier molecular flexibility index (Phi) is 4.55. The summed E-state index contributed by atoms with van der Waals surface area (Å²) in [4.78, 5) is 11.8. The highest BCUT2D eigenvalue weighted by molar-refractivity contribution is 5.76. The lowest BCUT2D eigenvalue weighted by molar-refractivity contribution is -0.123. The van der Waals surface area contributed by atoms with Gasteiger partial charge in [-0.1, -0.05) is 0 Å². The molecule has 1 aromatic heterocycles. The van der Waals surface area contributed by atoms with Crippen molar-refractivity contribution in [1.29, 1.82) is 0 Å². The summed E-state index contributed by atoms with van der Waals surface area (Å²) in [5, 5.41) is 17.0. The Morgan fingerprint density at radius 2 is 2.42 bits per heavy atom. The van der Waals surface area contributed by atoms with Gasteiger partial charge in [-0.05, 0) is 25.8 Å². The predicted octanol–water partition coefficient (Wildman–Crippen LogP) is 0.236. The zero-order valence-electron chi connectivity index (χ0n) is 11.4. The van der Waals surface area contributed by atoms with E-state index in [0.717, 1.165) is 18.5 Å². The summed E-state index contributed by atoms with van der Waals surface area (Å²) < 4.78 is 6.90. The summed E-state index contributed by atoms with van der Waals surface area (Å²) in [6.07, 6.45) is 2.98. The average molecular weight is 267 g/mol. The molecule has 6 heteroatoms. The molecular formula is C13H21N3O3. The van der Waals surface area contributed by atoms with E-state index in [0.29, 0.717) is 13.0 Å². The molecule has 2 rings (SSSR count). The summed E-state index contributed by atoms with van der Waals surface area (Å²) in [6.45, 7) is 2.46. The zero-order valence-corrected chi connectivity index (χ0v) is 11.4. The number of rotatable bonds is 5. The van der Waals surface area contributed by atoms with Gasteiger partial charge in [0.15, 0.2) is 0 Å². The molecule has 1 aromatic rings. The summed E-state index contributed by atoms with van der Waals surface area (Å²) >= 11 is 0. The van der Waals surface area contributed by atoms with Crippen molar-refractivity contribution in [3.8, 4) is 0 Å². The van der Waals surface area contributed by atoms with Crippen LogP contribution in [0.25, 0.3) is 0 Å². The van der Waals surface area contributed by atoms with Crippen LogP contribution in [0.3, 0.4) is 0 Å². The van der Waals surface area contributed by atoms with E-state index >= 15 is 0 Å². The van der Waals surface area contributed by atoms with Crippen LogP contribution in [-0.4, -0.2) is 46.2 Å². The van der Waals surface area contributed by atoms with Gasteiger partial charge < -0.3 is 15.2 Å². The smallest absolute Gasteiger partial charge is 0.222 e. The molecule has 1 heterocycles. The number of hydrogen-bond acceptors (Lipinski definition) is 4. The first-order valence-electron chi connectivity index (χ1n) is 6.60. The maximum absolute atomic E-state index is 11.8. The van der Waals surface area contributed by atoms with Crippen LogP contribution >= 0.6 is 0 Å². The third-order valence-electron chi connectivity index (χ3n) is 3.55. The fraction of sp³-hybridized carbons (Fsp3) is 0.692. The van der Waals surface area contributed by atoms with Gasteiger partial charge in [-0.3, -0.25) is 9.48 Å². The van der Waals surface area contributed by atoms with E-state index in [1.165, 1.54) is 0 Å². The third kappa shape index (κ3) is 3.54. The first-order chi connectivity index (χ1) is 9.10.